The highest BCUT2D eigenvalue weighted by atomic mass is 32.2. The number of sulfone groups is 1. The molecule has 0 aliphatic rings. The maximum absolute atomic E-state index is 11.6. The molecule has 0 aliphatic carbocycles. The monoisotopic (exact) mass is 447 g/mol. The second-order valence-electron chi connectivity index (χ2n) is 7.05. The molecular weight excluding hydrogens is 414 g/mol. The molecular formula is C23H33N3O4S. The van der Waals surface area contributed by atoms with Crippen molar-refractivity contribution in [3.63, 3.8) is 0 Å². The zero-order valence-electron chi connectivity index (χ0n) is 18.9. The fourth-order valence-electron chi connectivity index (χ4n) is 2.96. The van der Waals surface area contributed by atoms with Gasteiger partial charge in [0.05, 0.1) is 30.7 Å². The van der Waals surface area contributed by atoms with E-state index in [1.165, 1.54) is 6.26 Å². The lowest BCUT2D eigenvalue weighted by atomic mass is 10.1. The Balaban J connectivity index is 2.13. The van der Waals surface area contributed by atoms with Crippen LogP contribution < -0.4 is 20.1 Å². The van der Waals surface area contributed by atoms with Crippen molar-refractivity contribution in [2.75, 3.05) is 26.0 Å². The standard InChI is InChI=1S/C23H33N3O4S/c1-6-24-23(25-16-18-9-12-20(13-10-18)31(5,27)28)26-17(4)19-11-14-21(29-7-2)22(15-19)30-8-3/h9-15,17H,6-8,16H2,1-5H3,(H2,24,25,26). The maximum atomic E-state index is 11.6. The van der Waals surface area contributed by atoms with Gasteiger partial charge in [-0.25, -0.2) is 13.4 Å². The number of hydrogen-bond acceptors (Lipinski definition) is 5. The highest BCUT2D eigenvalue weighted by Gasteiger charge is 2.13. The van der Waals surface area contributed by atoms with Gasteiger partial charge in [0.1, 0.15) is 0 Å². The normalized spacial score (nSPS) is 12.9. The molecule has 0 fully saturated rings. The third-order valence-corrected chi connectivity index (χ3v) is 5.66. The average molecular weight is 448 g/mol. The Morgan fingerprint density at radius 2 is 1.65 bits per heavy atom. The van der Waals surface area contributed by atoms with Crippen molar-refractivity contribution in [2.45, 2.75) is 45.2 Å². The highest BCUT2D eigenvalue weighted by molar-refractivity contribution is 7.90. The molecule has 0 amide bonds. The summed E-state index contributed by atoms with van der Waals surface area (Å²) < 4.78 is 34.6. The van der Waals surface area contributed by atoms with Crippen LogP contribution in [0.3, 0.4) is 0 Å². The summed E-state index contributed by atoms with van der Waals surface area (Å²) in [5.74, 6) is 2.14. The SMILES string of the molecule is CCNC(=NCc1ccc(S(C)(=O)=O)cc1)NC(C)c1ccc(OCC)c(OCC)c1. The van der Waals surface area contributed by atoms with E-state index < -0.39 is 9.84 Å². The van der Waals surface area contributed by atoms with Gasteiger partial charge in [0.25, 0.3) is 0 Å². The van der Waals surface area contributed by atoms with Gasteiger partial charge in [-0.15, -0.1) is 0 Å². The molecule has 31 heavy (non-hydrogen) atoms. The van der Waals surface area contributed by atoms with E-state index in [2.05, 4.69) is 22.5 Å². The zero-order valence-corrected chi connectivity index (χ0v) is 19.8. The van der Waals surface area contributed by atoms with Crippen LogP contribution in [-0.4, -0.2) is 40.4 Å². The molecule has 0 bridgehead atoms. The molecule has 170 valence electrons. The Bertz CT molecular complexity index is 973. The number of nitrogens with zero attached hydrogens (tertiary/aromatic N) is 1. The van der Waals surface area contributed by atoms with Gasteiger partial charge in [0.15, 0.2) is 27.3 Å². The summed E-state index contributed by atoms with van der Waals surface area (Å²) >= 11 is 0. The summed E-state index contributed by atoms with van der Waals surface area (Å²) in [5.41, 5.74) is 1.98. The molecule has 7 nitrogen and oxygen atoms in total. The van der Waals surface area contributed by atoms with E-state index >= 15 is 0 Å². The van der Waals surface area contributed by atoms with Gasteiger partial charge in [-0.3, -0.25) is 0 Å². The van der Waals surface area contributed by atoms with Gasteiger partial charge in [-0.2, -0.15) is 0 Å². The number of guanidine groups is 1. The Kier molecular flexibility index (Phi) is 9.18. The van der Waals surface area contributed by atoms with Crippen molar-refractivity contribution in [3.8, 4) is 11.5 Å². The summed E-state index contributed by atoms with van der Waals surface area (Å²) in [6.07, 6.45) is 1.20. The summed E-state index contributed by atoms with van der Waals surface area (Å²) in [5, 5.41) is 6.66. The largest absolute Gasteiger partial charge is 0.490 e. The number of hydrogen-bond donors (Lipinski definition) is 2. The number of rotatable bonds is 10. The maximum Gasteiger partial charge on any atom is 0.192 e. The fourth-order valence-corrected chi connectivity index (χ4v) is 3.59. The lowest BCUT2D eigenvalue weighted by Gasteiger charge is -2.20. The van der Waals surface area contributed by atoms with E-state index in [9.17, 15) is 8.42 Å². The predicted molar refractivity (Wildman–Crippen MR) is 125 cm³/mol. The summed E-state index contributed by atoms with van der Waals surface area (Å²) in [6.45, 7) is 10.2. The Morgan fingerprint density at radius 1 is 1.00 bits per heavy atom. The van der Waals surface area contributed by atoms with E-state index in [4.69, 9.17) is 9.47 Å². The highest BCUT2D eigenvalue weighted by Crippen LogP contribution is 2.30. The zero-order chi connectivity index (χ0) is 22.9. The minimum atomic E-state index is -3.20. The van der Waals surface area contributed by atoms with Gasteiger partial charge < -0.3 is 20.1 Å². The molecule has 1 unspecified atom stereocenters. The Morgan fingerprint density at radius 3 is 2.23 bits per heavy atom. The van der Waals surface area contributed by atoms with Crippen LogP contribution in [0.2, 0.25) is 0 Å². The quantitative estimate of drug-likeness (QED) is 0.426. The first-order valence-corrected chi connectivity index (χ1v) is 12.4. The summed E-state index contributed by atoms with van der Waals surface area (Å²) in [7, 11) is -3.20. The number of nitrogens with one attached hydrogen (secondary N) is 2. The van der Waals surface area contributed by atoms with Gasteiger partial charge in [-0.1, -0.05) is 18.2 Å². The predicted octanol–water partition coefficient (Wildman–Crippen LogP) is 3.70. The van der Waals surface area contributed by atoms with Gasteiger partial charge >= 0.3 is 0 Å². The van der Waals surface area contributed by atoms with Crippen molar-refractivity contribution >= 4 is 15.8 Å². The first kappa shape index (κ1) is 24.5. The molecule has 0 saturated heterocycles. The fraction of sp³-hybridized carbons (Fsp3) is 0.435. The molecule has 2 aromatic carbocycles. The minimum Gasteiger partial charge on any atom is -0.490 e. The van der Waals surface area contributed by atoms with Gasteiger partial charge in [0.2, 0.25) is 0 Å². The molecule has 0 radical (unpaired) electrons. The molecule has 0 spiro atoms. The van der Waals surface area contributed by atoms with Crippen molar-refractivity contribution in [1.29, 1.82) is 0 Å². The van der Waals surface area contributed by atoms with Crippen LogP contribution in [0.1, 0.15) is 44.9 Å². The van der Waals surface area contributed by atoms with Crippen LogP contribution in [0.5, 0.6) is 11.5 Å². The van der Waals surface area contributed by atoms with Crippen molar-refractivity contribution in [3.05, 3.63) is 53.6 Å². The molecule has 0 aliphatic heterocycles. The van der Waals surface area contributed by atoms with Gasteiger partial charge in [0, 0.05) is 12.8 Å². The average Bonchev–Trinajstić information content (AvgIpc) is 2.73. The first-order valence-electron chi connectivity index (χ1n) is 10.5. The van der Waals surface area contributed by atoms with E-state index in [0.717, 1.165) is 29.2 Å². The molecule has 0 saturated carbocycles. The Hall–Kier alpha value is -2.74. The lowest BCUT2D eigenvalue weighted by Crippen LogP contribution is -2.38. The van der Waals surface area contributed by atoms with Crippen LogP contribution in [0.4, 0.5) is 0 Å². The minimum absolute atomic E-state index is 0.0136. The van der Waals surface area contributed by atoms with Crippen molar-refractivity contribution < 1.29 is 17.9 Å². The first-order chi connectivity index (χ1) is 14.8. The number of aliphatic imine (C=N–C) groups is 1. The van der Waals surface area contributed by atoms with E-state index in [0.29, 0.717) is 30.6 Å². The van der Waals surface area contributed by atoms with E-state index in [1.54, 1.807) is 24.3 Å². The summed E-state index contributed by atoms with van der Waals surface area (Å²) in [4.78, 5) is 4.94. The smallest absolute Gasteiger partial charge is 0.192 e. The van der Waals surface area contributed by atoms with Crippen LogP contribution >= 0.6 is 0 Å². The second kappa shape index (κ2) is 11.6. The topological polar surface area (TPSA) is 89.0 Å². The third kappa shape index (κ3) is 7.47. The number of benzene rings is 2. The molecule has 0 heterocycles. The van der Waals surface area contributed by atoms with E-state index in [1.807, 2.05) is 39.0 Å². The molecule has 2 aromatic rings. The lowest BCUT2D eigenvalue weighted by molar-refractivity contribution is 0.287. The third-order valence-electron chi connectivity index (χ3n) is 4.54. The van der Waals surface area contributed by atoms with Crippen LogP contribution in [0.15, 0.2) is 52.4 Å². The van der Waals surface area contributed by atoms with Crippen LogP contribution in [0.25, 0.3) is 0 Å². The van der Waals surface area contributed by atoms with E-state index in [-0.39, 0.29) is 6.04 Å². The molecule has 8 heteroatoms. The van der Waals surface area contributed by atoms with Crippen molar-refractivity contribution in [1.82, 2.24) is 10.6 Å². The molecule has 0 aromatic heterocycles. The molecule has 2 N–H and O–H groups in total. The molecule has 2 rings (SSSR count). The molecule has 1 atom stereocenters. The van der Waals surface area contributed by atoms with Gasteiger partial charge in [-0.05, 0) is 63.1 Å². The summed E-state index contributed by atoms with van der Waals surface area (Å²) in [6, 6.07) is 12.7. The Labute approximate surface area is 185 Å². The number of ether oxygens (including phenoxy) is 2. The van der Waals surface area contributed by atoms with Crippen molar-refractivity contribution in [2.24, 2.45) is 4.99 Å². The van der Waals surface area contributed by atoms with Crippen LogP contribution in [0, 0.1) is 0 Å². The second-order valence-corrected chi connectivity index (χ2v) is 9.07. The van der Waals surface area contributed by atoms with Crippen LogP contribution in [-0.2, 0) is 16.4 Å².